The zero-order valence-electron chi connectivity index (χ0n) is 19.3. The standard InChI is InChI=1S/C25H26F6N2O/c1-32(2)15-13-21(17-5-9-19(10-6-17)24(26,27)28)23(34)22(14-16-33(3)4)18-7-11-20(12-8-18)25(29,30)31/h5-14H,15-16H2,1-4H3. The van der Waals surface area contributed by atoms with Crippen molar-refractivity contribution in [3.8, 4) is 0 Å². The first-order chi connectivity index (χ1) is 15.7. The number of hydrogen-bond donors (Lipinski definition) is 0. The summed E-state index contributed by atoms with van der Waals surface area (Å²) < 4.78 is 78.0. The molecule has 0 unspecified atom stereocenters. The monoisotopic (exact) mass is 484 g/mol. The molecule has 0 bridgehead atoms. The molecule has 0 aromatic heterocycles. The maximum atomic E-state index is 13.6. The SMILES string of the molecule is CN(C)CC=C(C(=O)C(=CCN(C)C)c1ccc(C(F)(F)F)cc1)c1ccc(C(F)(F)F)cc1. The highest BCUT2D eigenvalue weighted by atomic mass is 19.4. The third kappa shape index (κ3) is 7.56. The molecule has 184 valence electrons. The average molecular weight is 484 g/mol. The highest BCUT2D eigenvalue weighted by Crippen LogP contribution is 2.33. The molecule has 0 heterocycles. The van der Waals surface area contributed by atoms with Crippen molar-refractivity contribution in [1.29, 1.82) is 0 Å². The van der Waals surface area contributed by atoms with Crippen molar-refractivity contribution >= 4 is 16.9 Å². The topological polar surface area (TPSA) is 23.6 Å². The van der Waals surface area contributed by atoms with Crippen molar-refractivity contribution in [1.82, 2.24) is 9.80 Å². The van der Waals surface area contributed by atoms with Crippen LogP contribution in [0.5, 0.6) is 0 Å². The lowest BCUT2D eigenvalue weighted by Gasteiger charge is -2.16. The molecule has 2 rings (SSSR count). The maximum absolute atomic E-state index is 13.6. The summed E-state index contributed by atoms with van der Waals surface area (Å²) in [6.07, 6.45) is -5.85. The van der Waals surface area contributed by atoms with E-state index in [1.165, 1.54) is 24.3 Å². The van der Waals surface area contributed by atoms with Crippen LogP contribution in [-0.2, 0) is 17.1 Å². The van der Waals surface area contributed by atoms with Gasteiger partial charge in [-0.25, -0.2) is 0 Å². The molecule has 2 aromatic carbocycles. The Balaban J connectivity index is 2.56. The third-order valence-electron chi connectivity index (χ3n) is 4.86. The zero-order valence-corrected chi connectivity index (χ0v) is 19.3. The van der Waals surface area contributed by atoms with Crippen LogP contribution in [-0.4, -0.2) is 56.9 Å². The van der Waals surface area contributed by atoms with Crippen LogP contribution in [0, 0.1) is 0 Å². The number of alkyl halides is 6. The molecule has 0 aliphatic heterocycles. The number of nitrogens with zero attached hydrogens (tertiary/aromatic N) is 2. The van der Waals surface area contributed by atoms with Gasteiger partial charge in [0, 0.05) is 24.2 Å². The van der Waals surface area contributed by atoms with Gasteiger partial charge in [-0.1, -0.05) is 36.4 Å². The predicted octanol–water partition coefficient (Wildman–Crippen LogP) is 5.88. The van der Waals surface area contributed by atoms with E-state index in [1.54, 1.807) is 50.1 Å². The fraction of sp³-hybridized carbons (Fsp3) is 0.320. The minimum Gasteiger partial charge on any atom is -0.306 e. The number of hydrogen-bond acceptors (Lipinski definition) is 3. The number of ketones is 1. The molecule has 0 amide bonds. The molecule has 0 radical (unpaired) electrons. The number of rotatable bonds is 8. The van der Waals surface area contributed by atoms with E-state index < -0.39 is 29.3 Å². The van der Waals surface area contributed by atoms with E-state index in [1.807, 2.05) is 0 Å². The van der Waals surface area contributed by atoms with Gasteiger partial charge in [0.1, 0.15) is 0 Å². The molecule has 0 saturated carbocycles. The van der Waals surface area contributed by atoms with Gasteiger partial charge in [0.15, 0.2) is 5.78 Å². The Morgan fingerprint density at radius 1 is 0.647 bits per heavy atom. The van der Waals surface area contributed by atoms with Gasteiger partial charge in [-0.15, -0.1) is 0 Å². The molecular weight excluding hydrogens is 458 g/mol. The molecule has 34 heavy (non-hydrogen) atoms. The lowest BCUT2D eigenvalue weighted by molar-refractivity contribution is -0.138. The molecule has 0 saturated heterocycles. The Morgan fingerprint density at radius 2 is 0.941 bits per heavy atom. The second-order valence-electron chi connectivity index (χ2n) is 8.24. The zero-order chi connectivity index (χ0) is 25.7. The van der Waals surface area contributed by atoms with Crippen LogP contribution in [0.15, 0.2) is 60.7 Å². The van der Waals surface area contributed by atoms with Crippen molar-refractivity contribution in [3.05, 3.63) is 82.9 Å². The van der Waals surface area contributed by atoms with E-state index in [4.69, 9.17) is 0 Å². The number of allylic oxidation sites excluding steroid dienone is 2. The summed E-state index contributed by atoms with van der Waals surface area (Å²) in [5.41, 5.74) is -0.812. The second-order valence-corrected chi connectivity index (χ2v) is 8.24. The summed E-state index contributed by atoms with van der Waals surface area (Å²) in [6.45, 7) is 0.659. The summed E-state index contributed by atoms with van der Waals surface area (Å²) in [6, 6.07) is 8.47. The van der Waals surface area contributed by atoms with Crippen LogP contribution in [0.3, 0.4) is 0 Å². The minimum absolute atomic E-state index is 0.160. The molecule has 0 N–H and O–H groups in total. The Kier molecular flexibility index (Phi) is 8.85. The highest BCUT2D eigenvalue weighted by Gasteiger charge is 2.31. The van der Waals surface area contributed by atoms with Crippen LogP contribution in [0.2, 0.25) is 0 Å². The van der Waals surface area contributed by atoms with Gasteiger partial charge in [0.25, 0.3) is 0 Å². The normalized spacial score (nSPS) is 13.6. The third-order valence-corrected chi connectivity index (χ3v) is 4.86. The lowest BCUT2D eigenvalue weighted by atomic mass is 9.91. The Labute approximate surface area is 195 Å². The van der Waals surface area contributed by atoms with Crippen molar-refractivity contribution in [3.63, 3.8) is 0 Å². The van der Waals surface area contributed by atoms with Gasteiger partial charge >= 0.3 is 12.4 Å². The van der Waals surface area contributed by atoms with Gasteiger partial charge in [0.2, 0.25) is 0 Å². The van der Waals surface area contributed by atoms with Crippen LogP contribution < -0.4 is 0 Å². The van der Waals surface area contributed by atoms with Gasteiger partial charge in [-0.3, -0.25) is 4.79 Å². The van der Waals surface area contributed by atoms with Gasteiger partial charge < -0.3 is 9.80 Å². The fourth-order valence-electron chi connectivity index (χ4n) is 3.05. The van der Waals surface area contributed by atoms with Crippen LogP contribution in [0.1, 0.15) is 22.3 Å². The number of benzene rings is 2. The van der Waals surface area contributed by atoms with E-state index in [0.717, 1.165) is 24.3 Å². The fourth-order valence-corrected chi connectivity index (χ4v) is 3.05. The molecule has 0 spiro atoms. The summed E-state index contributed by atoms with van der Waals surface area (Å²) in [4.78, 5) is 17.2. The molecule has 2 aromatic rings. The number of likely N-dealkylation sites (N-methyl/N-ethyl adjacent to an activating group) is 2. The smallest absolute Gasteiger partial charge is 0.306 e. The van der Waals surface area contributed by atoms with E-state index in [-0.39, 0.29) is 22.3 Å². The van der Waals surface area contributed by atoms with Gasteiger partial charge in [-0.2, -0.15) is 26.3 Å². The quantitative estimate of drug-likeness (QED) is 0.345. The van der Waals surface area contributed by atoms with Crippen molar-refractivity contribution in [2.75, 3.05) is 41.3 Å². The van der Waals surface area contributed by atoms with Crippen molar-refractivity contribution in [2.24, 2.45) is 0 Å². The van der Waals surface area contributed by atoms with Gasteiger partial charge in [0.05, 0.1) is 11.1 Å². The molecule has 0 aliphatic carbocycles. The molecule has 9 heteroatoms. The van der Waals surface area contributed by atoms with Crippen LogP contribution in [0.25, 0.3) is 11.1 Å². The molecule has 0 fully saturated rings. The van der Waals surface area contributed by atoms with Crippen molar-refractivity contribution < 1.29 is 31.1 Å². The van der Waals surface area contributed by atoms with E-state index in [9.17, 15) is 31.1 Å². The minimum atomic E-state index is -4.52. The molecule has 0 aliphatic rings. The lowest BCUT2D eigenvalue weighted by Crippen LogP contribution is -2.15. The first kappa shape index (κ1) is 27.3. The second kappa shape index (κ2) is 11.0. The number of carbonyl (C=O) groups is 1. The average Bonchev–Trinajstić information content (AvgIpc) is 2.73. The number of carbonyl (C=O) groups excluding carboxylic acids is 1. The van der Waals surface area contributed by atoms with Crippen LogP contribution >= 0.6 is 0 Å². The van der Waals surface area contributed by atoms with E-state index in [0.29, 0.717) is 13.1 Å². The first-order valence-electron chi connectivity index (χ1n) is 10.3. The predicted molar refractivity (Wildman–Crippen MR) is 121 cm³/mol. The summed E-state index contributed by atoms with van der Waals surface area (Å²) in [5, 5.41) is 0. The maximum Gasteiger partial charge on any atom is 0.416 e. The van der Waals surface area contributed by atoms with E-state index in [2.05, 4.69) is 0 Å². The summed E-state index contributed by atoms with van der Waals surface area (Å²) >= 11 is 0. The molecular formula is C25H26F6N2O. The highest BCUT2D eigenvalue weighted by molar-refractivity contribution is 6.42. The van der Waals surface area contributed by atoms with Crippen LogP contribution in [0.4, 0.5) is 26.3 Å². The largest absolute Gasteiger partial charge is 0.416 e. The number of halogens is 6. The molecule has 3 nitrogen and oxygen atoms in total. The summed E-state index contributed by atoms with van der Waals surface area (Å²) in [5.74, 6) is -0.497. The Hall–Kier alpha value is -2.91. The Morgan fingerprint density at radius 3 is 1.18 bits per heavy atom. The number of Topliss-reactive ketones (excluding diaryl/α,β-unsaturated/α-hetero) is 1. The Bertz CT molecular complexity index is 948. The van der Waals surface area contributed by atoms with E-state index >= 15 is 0 Å². The molecule has 0 atom stereocenters. The summed E-state index contributed by atoms with van der Waals surface area (Å²) in [7, 11) is 7.07. The van der Waals surface area contributed by atoms with Gasteiger partial charge in [-0.05, 0) is 63.6 Å². The van der Waals surface area contributed by atoms with Crippen molar-refractivity contribution in [2.45, 2.75) is 12.4 Å². The first-order valence-corrected chi connectivity index (χ1v) is 10.3.